The van der Waals surface area contributed by atoms with Gasteiger partial charge in [-0.3, -0.25) is 0 Å². The van der Waals surface area contributed by atoms with Gasteiger partial charge in [-0.1, -0.05) is 12.1 Å². The maximum absolute atomic E-state index is 13.9. The van der Waals surface area contributed by atoms with Crippen LogP contribution < -0.4 is 20.1 Å². The molecule has 0 fully saturated rings. The van der Waals surface area contributed by atoms with E-state index in [0.29, 0.717) is 34.6 Å². The number of anilines is 4. The molecule has 0 saturated heterocycles. The van der Waals surface area contributed by atoms with E-state index in [1.165, 1.54) is 6.07 Å². The van der Waals surface area contributed by atoms with Crippen molar-refractivity contribution in [2.24, 2.45) is 0 Å². The van der Waals surface area contributed by atoms with Crippen LogP contribution in [0.25, 0.3) is 0 Å². The quantitative estimate of drug-likeness (QED) is 0.683. The molecule has 6 nitrogen and oxygen atoms in total. The summed E-state index contributed by atoms with van der Waals surface area (Å²) in [6.45, 7) is 1.84. The van der Waals surface area contributed by atoms with Gasteiger partial charge in [-0.15, -0.1) is 0 Å². The standard InChI is InChI=1S/C19H19FN4O2/c1-12-10-18(22-15-7-5-4-6-14(15)20)24-19(21-12)23-16-11-13(25-2)8-9-17(16)26-3/h4-11H,1-3H3,(H2,21,22,23,24). The largest absolute Gasteiger partial charge is 0.497 e. The predicted octanol–water partition coefficient (Wildman–Crippen LogP) is 4.43. The summed E-state index contributed by atoms with van der Waals surface area (Å²) < 4.78 is 24.4. The zero-order valence-corrected chi connectivity index (χ0v) is 14.7. The second kappa shape index (κ2) is 7.69. The predicted molar refractivity (Wildman–Crippen MR) is 99.3 cm³/mol. The van der Waals surface area contributed by atoms with Crippen LogP contribution >= 0.6 is 0 Å². The van der Waals surface area contributed by atoms with Gasteiger partial charge >= 0.3 is 0 Å². The summed E-state index contributed by atoms with van der Waals surface area (Å²) in [4.78, 5) is 8.77. The molecule has 0 aliphatic heterocycles. The molecule has 1 aromatic heterocycles. The van der Waals surface area contributed by atoms with Gasteiger partial charge in [0.05, 0.1) is 25.6 Å². The second-order valence-electron chi connectivity index (χ2n) is 5.51. The van der Waals surface area contributed by atoms with E-state index in [-0.39, 0.29) is 5.82 Å². The van der Waals surface area contributed by atoms with Crippen molar-refractivity contribution in [1.29, 1.82) is 0 Å². The first-order chi connectivity index (χ1) is 12.6. The number of rotatable bonds is 6. The number of hydrogen-bond acceptors (Lipinski definition) is 6. The number of halogens is 1. The minimum Gasteiger partial charge on any atom is -0.497 e. The number of para-hydroxylation sites is 1. The molecule has 1 heterocycles. The molecule has 0 amide bonds. The fourth-order valence-electron chi connectivity index (χ4n) is 2.42. The highest BCUT2D eigenvalue weighted by molar-refractivity contribution is 5.66. The van der Waals surface area contributed by atoms with Crippen molar-refractivity contribution in [2.45, 2.75) is 6.92 Å². The van der Waals surface area contributed by atoms with Crippen molar-refractivity contribution in [3.63, 3.8) is 0 Å². The highest BCUT2D eigenvalue weighted by Crippen LogP contribution is 2.31. The van der Waals surface area contributed by atoms with E-state index in [9.17, 15) is 4.39 Å². The van der Waals surface area contributed by atoms with Gasteiger partial charge in [0.2, 0.25) is 5.95 Å². The lowest BCUT2D eigenvalue weighted by molar-refractivity contribution is 0.405. The lowest BCUT2D eigenvalue weighted by Crippen LogP contribution is -2.04. The van der Waals surface area contributed by atoms with E-state index in [1.807, 2.05) is 6.92 Å². The molecular weight excluding hydrogens is 335 g/mol. The summed E-state index contributed by atoms with van der Waals surface area (Å²) in [5, 5.41) is 6.09. The first-order valence-electron chi connectivity index (χ1n) is 7.95. The highest BCUT2D eigenvalue weighted by atomic mass is 19.1. The second-order valence-corrected chi connectivity index (χ2v) is 5.51. The van der Waals surface area contributed by atoms with Crippen molar-refractivity contribution >= 4 is 23.1 Å². The maximum atomic E-state index is 13.9. The van der Waals surface area contributed by atoms with Crippen LogP contribution in [0.1, 0.15) is 5.69 Å². The molecule has 0 bridgehead atoms. The van der Waals surface area contributed by atoms with Crippen LogP contribution in [0.5, 0.6) is 11.5 Å². The van der Waals surface area contributed by atoms with E-state index >= 15 is 0 Å². The topological polar surface area (TPSA) is 68.3 Å². The zero-order chi connectivity index (χ0) is 18.5. The van der Waals surface area contributed by atoms with Crippen LogP contribution in [0.3, 0.4) is 0 Å². The van der Waals surface area contributed by atoms with Crippen LogP contribution in [0, 0.1) is 12.7 Å². The molecule has 0 spiro atoms. The Kier molecular flexibility index (Phi) is 5.17. The molecule has 134 valence electrons. The van der Waals surface area contributed by atoms with Crippen LogP contribution in [-0.2, 0) is 0 Å². The normalized spacial score (nSPS) is 10.3. The summed E-state index contributed by atoms with van der Waals surface area (Å²) in [7, 11) is 3.17. The molecule has 0 saturated carbocycles. The molecule has 2 aromatic carbocycles. The summed E-state index contributed by atoms with van der Waals surface area (Å²) in [6, 6.07) is 13.5. The Hall–Kier alpha value is -3.35. The number of methoxy groups -OCH3 is 2. The van der Waals surface area contributed by atoms with Crippen molar-refractivity contribution in [1.82, 2.24) is 9.97 Å². The van der Waals surface area contributed by atoms with Gasteiger partial charge < -0.3 is 20.1 Å². The molecule has 3 aromatic rings. The Balaban J connectivity index is 1.90. The SMILES string of the molecule is COc1ccc(OC)c(Nc2nc(C)cc(Nc3ccccc3F)n2)c1. The van der Waals surface area contributed by atoms with Gasteiger partial charge in [0, 0.05) is 17.8 Å². The number of nitrogens with zero attached hydrogens (tertiary/aromatic N) is 2. The lowest BCUT2D eigenvalue weighted by atomic mass is 10.2. The molecule has 0 radical (unpaired) electrons. The lowest BCUT2D eigenvalue weighted by Gasteiger charge is -2.13. The van der Waals surface area contributed by atoms with Gasteiger partial charge in [-0.05, 0) is 31.2 Å². The van der Waals surface area contributed by atoms with Crippen LogP contribution in [0.15, 0.2) is 48.5 Å². The summed E-state index contributed by atoms with van der Waals surface area (Å²) >= 11 is 0. The average Bonchev–Trinajstić information content (AvgIpc) is 2.63. The molecule has 0 aliphatic carbocycles. The van der Waals surface area contributed by atoms with E-state index < -0.39 is 0 Å². The van der Waals surface area contributed by atoms with E-state index in [1.54, 1.807) is 56.7 Å². The molecule has 0 unspecified atom stereocenters. The Bertz CT molecular complexity index is 918. The third-order valence-electron chi connectivity index (χ3n) is 3.64. The number of benzene rings is 2. The van der Waals surface area contributed by atoms with Gasteiger partial charge in [0.1, 0.15) is 23.1 Å². The minimum atomic E-state index is -0.354. The number of nitrogens with one attached hydrogen (secondary N) is 2. The molecule has 7 heteroatoms. The molecule has 26 heavy (non-hydrogen) atoms. The van der Waals surface area contributed by atoms with Crippen LogP contribution in [0.4, 0.5) is 27.5 Å². The Morgan fingerprint density at radius 2 is 1.69 bits per heavy atom. The van der Waals surface area contributed by atoms with E-state index in [2.05, 4.69) is 20.6 Å². The summed E-state index contributed by atoms with van der Waals surface area (Å²) in [6.07, 6.45) is 0. The van der Waals surface area contributed by atoms with Crippen molar-refractivity contribution in [2.75, 3.05) is 24.9 Å². The third-order valence-corrected chi connectivity index (χ3v) is 3.64. The van der Waals surface area contributed by atoms with Gasteiger partial charge in [0.15, 0.2) is 0 Å². The van der Waals surface area contributed by atoms with Crippen molar-refractivity contribution in [3.05, 3.63) is 60.0 Å². The Morgan fingerprint density at radius 1 is 0.885 bits per heavy atom. The van der Waals surface area contributed by atoms with Crippen molar-refractivity contribution in [3.8, 4) is 11.5 Å². The first kappa shape index (κ1) is 17.5. The highest BCUT2D eigenvalue weighted by Gasteiger charge is 2.10. The summed E-state index contributed by atoms with van der Waals surface area (Å²) in [5.74, 6) is 1.78. The average molecular weight is 354 g/mol. The number of aryl methyl sites for hydroxylation is 1. The molecule has 0 atom stereocenters. The van der Waals surface area contributed by atoms with E-state index in [4.69, 9.17) is 9.47 Å². The van der Waals surface area contributed by atoms with Crippen LogP contribution in [-0.4, -0.2) is 24.2 Å². The smallest absolute Gasteiger partial charge is 0.229 e. The maximum Gasteiger partial charge on any atom is 0.229 e. The molecule has 3 rings (SSSR count). The van der Waals surface area contributed by atoms with Crippen LogP contribution in [0.2, 0.25) is 0 Å². The Labute approximate surface area is 151 Å². The van der Waals surface area contributed by atoms with Gasteiger partial charge in [-0.2, -0.15) is 4.98 Å². The fourth-order valence-corrected chi connectivity index (χ4v) is 2.42. The zero-order valence-electron chi connectivity index (χ0n) is 14.7. The monoisotopic (exact) mass is 354 g/mol. The van der Waals surface area contributed by atoms with E-state index in [0.717, 1.165) is 5.69 Å². The number of aromatic nitrogens is 2. The number of ether oxygens (including phenoxy) is 2. The first-order valence-corrected chi connectivity index (χ1v) is 7.95. The Morgan fingerprint density at radius 3 is 2.42 bits per heavy atom. The van der Waals surface area contributed by atoms with Gasteiger partial charge in [0.25, 0.3) is 0 Å². The summed E-state index contributed by atoms with van der Waals surface area (Å²) in [5.41, 5.74) is 1.73. The molecule has 0 aliphatic rings. The molecular formula is C19H19FN4O2. The number of hydrogen-bond donors (Lipinski definition) is 2. The molecule has 2 N–H and O–H groups in total. The fraction of sp³-hybridized carbons (Fsp3) is 0.158. The van der Waals surface area contributed by atoms with Gasteiger partial charge in [-0.25, -0.2) is 9.37 Å². The third kappa shape index (κ3) is 4.00. The van der Waals surface area contributed by atoms with Crippen molar-refractivity contribution < 1.29 is 13.9 Å². The minimum absolute atomic E-state index is 0.343.